The van der Waals surface area contributed by atoms with E-state index in [0.717, 1.165) is 17.7 Å². The topological polar surface area (TPSA) is 34.2 Å². The normalized spacial score (nSPS) is 10.6. The zero-order valence-corrected chi connectivity index (χ0v) is 12.2. The smallest absolute Gasteiger partial charge is 0.238 e. The molecule has 0 spiro atoms. The molecule has 0 aliphatic rings. The number of ether oxygens (including phenoxy) is 1. The molecule has 0 aliphatic heterocycles. The molecular weight excluding hydrogens is 279 g/mol. The van der Waals surface area contributed by atoms with Gasteiger partial charge in [-0.2, -0.15) is 0 Å². The molecule has 3 nitrogen and oxygen atoms in total. The molecule has 0 amide bonds. The number of aromatic nitrogens is 1. The standard InChI is InChI=1S/C15H16ClFN2O/c1-3-18-8-11-7-12(16)15(19-9-11)20-14-6-10(2)4-5-13(14)17/h4-7,9,18H,3,8H2,1-2H3. The first kappa shape index (κ1) is 14.8. The third-order valence-corrected chi connectivity index (χ3v) is 3.01. The van der Waals surface area contributed by atoms with Crippen LogP contribution in [-0.2, 0) is 6.54 Å². The summed E-state index contributed by atoms with van der Waals surface area (Å²) in [5.74, 6) is -0.111. The van der Waals surface area contributed by atoms with Crippen molar-refractivity contribution in [3.05, 3.63) is 52.4 Å². The van der Waals surface area contributed by atoms with Gasteiger partial charge in [-0.3, -0.25) is 0 Å². The Morgan fingerprint density at radius 1 is 1.35 bits per heavy atom. The number of benzene rings is 1. The first-order valence-electron chi connectivity index (χ1n) is 6.39. The Balaban J connectivity index is 2.19. The van der Waals surface area contributed by atoms with Crippen LogP contribution in [0.15, 0.2) is 30.5 Å². The van der Waals surface area contributed by atoms with Crippen molar-refractivity contribution < 1.29 is 9.13 Å². The van der Waals surface area contributed by atoms with Crippen LogP contribution in [0.4, 0.5) is 4.39 Å². The van der Waals surface area contributed by atoms with Crippen molar-refractivity contribution in [3.8, 4) is 11.6 Å². The van der Waals surface area contributed by atoms with Gasteiger partial charge in [0.2, 0.25) is 5.88 Å². The highest BCUT2D eigenvalue weighted by atomic mass is 35.5. The second-order valence-corrected chi connectivity index (χ2v) is 4.85. The van der Waals surface area contributed by atoms with Crippen molar-refractivity contribution in [1.29, 1.82) is 0 Å². The molecule has 106 valence electrons. The molecule has 0 aliphatic carbocycles. The number of nitrogens with one attached hydrogen (secondary N) is 1. The van der Waals surface area contributed by atoms with Gasteiger partial charge in [-0.1, -0.05) is 24.6 Å². The average Bonchev–Trinajstić information content (AvgIpc) is 2.43. The van der Waals surface area contributed by atoms with E-state index in [9.17, 15) is 4.39 Å². The summed E-state index contributed by atoms with van der Waals surface area (Å²) in [4.78, 5) is 4.14. The lowest BCUT2D eigenvalue weighted by molar-refractivity contribution is 0.427. The fourth-order valence-electron chi connectivity index (χ4n) is 1.70. The minimum Gasteiger partial charge on any atom is -0.434 e. The molecule has 1 N–H and O–H groups in total. The molecule has 0 unspecified atom stereocenters. The van der Waals surface area contributed by atoms with Crippen LogP contribution in [0.3, 0.4) is 0 Å². The molecule has 1 aromatic heterocycles. The van der Waals surface area contributed by atoms with Crippen LogP contribution in [0.5, 0.6) is 11.6 Å². The Morgan fingerprint density at radius 2 is 2.15 bits per heavy atom. The van der Waals surface area contributed by atoms with Gasteiger partial charge < -0.3 is 10.1 Å². The predicted octanol–water partition coefficient (Wildman–Crippen LogP) is 4.08. The summed E-state index contributed by atoms with van der Waals surface area (Å²) in [6.07, 6.45) is 1.66. The number of rotatable bonds is 5. The number of nitrogens with zero attached hydrogens (tertiary/aromatic N) is 1. The molecule has 0 radical (unpaired) electrons. The molecule has 0 fully saturated rings. The van der Waals surface area contributed by atoms with E-state index in [2.05, 4.69) is 10.3 Å². The largest absolute Gasteiger partial charge is 0.434 e. The zero-order chi connectivity index (χ0) is 14.5. The maximum absolute atomic E-state index is 13.6. The first-order valence-corrected chi connectivity index (χ1v) is 6.77. The lowest BCUT2D eigenvalue weighted by Gasteiger charge is -2.09. The summed E-state index contributed by atoms with van der Waals surface area (Å²) >= 11 is 6.11. The number of hydrogen-bond donors (Lipinski definition) is 1. The second-order valence-electron chi connectivity index (χ2n) is 4.45. The quantitative estimate of drug-likeness (QED) is 0.902. The van der Waals surface area contributed by atoms with Gasteiger partial charge in [-0.25, -0.2) is 9.37 Å². The maximum atomic E-state index is 13.6. The van der Waals surface area contributed by atoms with Gasteiger partial charge in [0, 0.05) is 12.7 Å². The van der Waals surface area contributed by atoms with Crippen LogP contribution in [0.25, 0.3) is 0 Å². The predicted molar refractivity (Wildman–Crippen MR) is 77.8 cm³/mol. The van der Waals surface area contributed by atoms with Gasteiger partial charge in [0.15, 0.2) is 11.6 Å². The molecule has 0 saturated carbocycles. The third-order valence-electron chi connectivity index (χ3n) is 2.74. The van der Waals surface area contributed by atoms with Gasteiger partial charge in [0.1, 0.15) is 5.02 Å². The molecular formula is C15H16ClFN2O. The van der Waals surface area contributed by atoms with Gasteiger partial charge in [-0.05, 0) is 42.8 Å². The molecule has 2 aromatic rings. The molecule has 0 saturated heterocycles. The fourth-order valence-corrected chi connectivity index (χ4v) is 1.93. The highest BCUT2D eigenvalue weighted by Crippen LogP contribution is 2.29. The second kappa shape index (κ2) is 6.68. The fraction of sp³-hybridized carbons (Fsp3) is 0.267. The Bertz CT molecular complexity index is 604. The summed E-state index contributed by atoms with van der Waals surface area (Å²) in [6.45, 7) is 5.43. The Labute approximate surface area is 122 Å². The van der Waals surface area contributed by atoms with Crippen molar-refractivity contribution in [3.63, 3.8) is 0 Å². The van der Waals surface area contributed by atoms with Gasteiger partial charge in [0.25, 0.3) is 0 Å². The Kier molecular flexibility index (Phi) is 4.93. The minimum atomic E-state index is -0.440. The molecule has 2 rings (SSSR count). The number of pyridine rings is 1. The van der Waals surface area contributed by atoms with Crippen molar-refractivity contribution in [2.24, 2.45) is 0 Å². The lowest BCUT2D eigenvalue weighted by Crippen LogP contribution is -2.11. The molecule has 1 heterocycles. The summed E-state index contributed by atoms with van der Waals surface area (Å²) in [6, 6.07) is 6.41. The summed E-state index contributed by atoms with van der Waals surface area (Å²) < 4.78 is 19.1. The third kappa shape index (κ3) is 3.68. The van der Waals surface area contributed by atoms with Crippen LogP contribution in [0, 0.1) is 12.7 Å². The molecule has 5 heteroatoms. The molecule has 0 atom stereocenters. The van der Waals surface area contributed by atoms with E-state index in [1.807, 2.05) is 13.8 Å². The first-order chi connectivity index (χ1) is 9.60. The number of hydrogen-bond acceptors (Lipinski definition) is 3. The molecule has 1 aromatic carbocycles. The lowest BCUT2D eigenvalue weighted by atomic mass is 10.2. The highest BCUT2D eigenvalue weighted by molar-refractivity contribution is 6.31. The zero-order valence-electron chi connectivity index (χ0n) is 11.4. The molecule has 20 heavy (non-hydrogen) atoms. The van der Waals surface area contributed by atoms with Crippen LogP contribution < -0.4 is 10.1 Å². The Morgan fingerprint density at radius 3 is 2.85 bits per heavy atom. The number of aryl methyl sites for hydroxylation is 1. The van der Waals surface area contributed by atoms with Crippen LogP contribution >= 0.6 is 11.6 Å². The number of halogens is 2. The van der Waals surface area contributed by atoms with E-state index in [-0.39, 0.29) is 11.6 Å². The monoisotopic (exact) mass is 294 g/mol. The van der Waals surface area contributed by atoms with Crippen LogP contribution in [0.2, 0.25) is 5.02 Å². The summed E-state index contributed by atoms with van der Waals surface area (Å²) in [5.41, 5.74) is 1.86. The minimum absolute atomic E-state index is 0.124. The average molecular weight is 295 g/mol. The highest BCUT2D eigenvalue weighted by Gasteiger charge is 2.10. The summed E-state index contributed by atoms with van der Waals surface area (Å²) in [7, 11) is 0. The molecule has 0 bridgehead atoms. The van der Waals surface area contributed by atoms with E-state index in [1.54, 1.807) is 24.4 Å². The maximum Gasteiger partial charge on any atom is 0.238 e. The van der Waals surface area contributed by atoms with E-state index < -0.39 is 5.82 Å². The van der Waals surface area contributed by atoms with Crippen molar-refractivity contribution in [2.45, 2.75) is 20.4 Å². The van der Waals surface area contributed by atoms with E-state index >= 15 is 0 Å². The van der Waals surface area contributed by atoms with E-state index in [4.69, 9.17) is 16.3 Å². The summed E-state index contributed by atoms with van der Waals surface area (Å²) in [5, 5.41) is 3.54. The SMILES string of the molecule is CCNCc1cnc(Oc2cc(C)ccc2F)c(Cl)c1. The van der Waals surface area contributed by atoms with Crippen LogP contribution in [-0.4, -0.2) is 11.5 Å². The van der Waals surface area contributed by atoms with E-state index in [0.29, 0.717) is 11.6 Å². The van der Waals surface area contributed by atoms with Crippen molar-refractivity contribution in [2.75, 3.05) is 6.54 Å². The van der Waals surface area contributed by atoms with Gasteiger partial charge >= 0.3 is 0 Å². The van der Waals surface area contributed by atoms with Gasteiger partial charge in [-0.15, -0.1) is 0 Å². The van der Waals surface area contributed by atoms with Crippen molar-refractivity contribution >= 4 is 11.6 Å². The van der Waals surface area contributed by atoms with Crippen molar-refractivity contribution in [1.82, 2.24) is 10.3 Å². The Hall–Kier alpha value is -1.65. The van der Waals surface area contributed by atoms with E-state index in [1.165, 1.54) is 6.07 Å². The van der Waals surface area contributed by atoms with Gasteiger partial charge in [0.05, 0.1) is 0 Å². The van der Waals surface area contributed by atoms with Crippen LogP contribution in [0.1, 0.15) is 18.1 Å².